The van der Waals surface area contributed by atoms with Gasteiger partial charge in [-0.3, -0.25) is 0 Å². The molecule has 0 heteroatoms. The summed E-state index contributed by atoms with van der Waals surface area (Å²) in [4.78, 5) is 0. The maximum absolute atomic E-state index is 2.35. The lowest BCUT2D eigenvalue weighted by molar-refractivity contribution is 0.309. The Morgan fingerprint density at radius 1 is 1.09 bits per heavy atom. The van der Waals surface area contributed by atoms with Crippen molar-refractivity contribution in [3.63, 3.8) is 0 Å². The molecule has 2 rings (SSSR count). The van der Waals surface area contributed by atoms with E-state index in [0.717, 1.165) is 11.8 Å². The fourth-order valence-electron chi connectivity index (χ4n) is 2.88. The highest BCUT2D eigenvalue weighted by atomic mass is 14.5. The monoisotopic (exact) mass is 152 g/mol. The fraction of sp³-hybridized carbons (Fsp3) is 1.00. The quantitative estimate of drug-likeness (QED) is 0.567. The average molecular weight is 152 g/mol. The van der Waals surface area contributed by atoms with Gasteiger partial charge in [0.05, 0.1) is 0 Å². The summed E-state index contributed by atoms with van der Waals surface area (Å²) in [6.45, 7) is 2.35. The van der Waals surface area contributed by atoms with Crippen LogP contribution in [0.15, 0.2) is 0 Å². The molecule has 2 atom stereocenters. The molecule has 2 saturated carbocycles. The predicted octanol–water partition coefficient (Wildman–Crippen LogP) is 3.61. The molecule has 2 aliphatic carbocycles. The van der Waals surface area contributed by atoms with E-state index in [1.54, 1.807) is 19.3 Å². The number of hydrogen-bond donors (Lipinski definition) is 0. The van der Waals surface area contributed by atoms with E-state index in [-0.39, 0.29) is 0 Å². The smallest absolute Gasteiger partial charge is 0.0355 e. The summed E-state index contributed by atoms with van der Waals surface area (Å²) in [6.07, 6.45) is 10.7. The summed E-state index contributed by atoms with van der Waals surface area (Å²) < 4.78 is 0. The molecule has 0 aliphatic heterocycles. The van der Waals surface area contributed by atoms with Gasteiger partial charge in [0, 0.05) is 0 Å². The maximum atomic E-state index is 2.35. The van der Waals surface area contributed by atoms with Gasteiger partial charge in [-0.1, -0.05) is 45.4 Å². The van der Waals surface area contributed by atoms with E-state index in [2.05, 4.69) is 6.92 Å². The van der Waals surface area contributed by atoms with E-state index in [0.29, 0.717) is 0 Å². The van der Waals surface area contributed by atoms with Crippen LogP contribution in [-0.4, -0.2) is 0 Å². The standard InChI is InChI=1S/C11H20/c1-2-9-8-11(9)10-6-4-3-5-7-10/h9-11H,2-8H2,1H3. The topological polar surface area (TPSA) is 0 Å². The zero-order valence-electron chi connectivity index (χ0n) is 7.68. The Morgan fingerprint density at radius 3 is 2.36 bits per heavy atom. The Labute approximate surface area is 70.4 Å². The first-order valence-corrected chi connectivity index (χ1v) is 5.42. The molecule has 0 bridgehead atoms. The first-order chi connectivity index (χ1) is 5.42. The van der Waals surface area contributed by atoms with Crippen molar-refractivity contribution in [2.24, 2.45) is 17.8 Å². The molecule has 0 aromatic rings. The molecule has 0 N–H and O–H groups in total. The summed E-state index contributed by atoms with van der Waals surface area (Å²) in [5, 5.41) is 0. The second-order valence-electron chi connectivity index (χ2n) is 4.47. The number of hydrogen-bond acceptors (Lipinski definition) is 0. The molecular weight excluding hydrogens is 132 g/mol. The maximum Gasteiger partial charge on any atom is -0.0355 e. The Hall–Kier alpha value is 0. The molecule has 0 amide bonds. The van der Waals surface area contributed by atoms with Crippen molar-refractivity contribution >= 4 is 0 Å². The predicted molar refractivity (Wildman–Crippen MR) is 48.5 cm³/mol. The third-order valence-corrected chi connectivity index (χ3v) is 3.76. The fourth-order valence-corrected chi connectivity index (χ4v) is 2.88. The molecule has 11 heavy (non-hydrogen) atoms. The minimum absolute atomic E-state index is 1.14. The van der Waals surface area contributed by atoms with Crippen LogP contribution in [0.25, 0.3) is 0 Å². The molecule has 0 heterocycles. The second-order valence-corrected chi connectivity index (χ2v) is 4.47. The normalized spacial score (nSPS) is 39.0. The van der Waals surface area contributed by atoms with Gasteiger partial charge in [0.2, 0.25) is 0 Å². The highest BCUT2D eigenvalue weighted by molar-refractivity contribution is 4.91. The van der Waals surface area contributed by atoms with Crippen molar-refractivity contribution in [3.05, 3.63) is 0 Å². The van der Waals surface area contributed by atoms with Crippen LogP contribution in [-0.2, 0) is 0 Å². The van der Waals surface area contributed by atoms with Gasteiger partial charge in [-0.25, -0.2) is 0 Å². The molecule has 64 valence electrons. The Morgan fingerprint density at radius 2 is 1.82 bits per heavy atom. The van der Waals surface area contributed by atoms with E-state index in [1.807, 2.05) is 0 Å². The van der Waals surface area contributed by atoms with Crippen LogP contribution >= 0.6 is 0 Å². The van der Waals surface area contributed by atoms with Crippen molar-refractivity contribution in [1.82, 2.24) is 0 Å². The Bertz CT molecular complexity index is 122. The molecule has 0 spiro atoms. The van der Waals surface area contributed by atoms with Crippen LogP contribution < -0.4 is 0 Å². The molecule has 0 radical (unpaired) electrons. The molecule has 2 unspecified atom stereocenters. The van der Waals surface area contributed by atoms with Crippen molar-refractivity contribution in [1.29, 1.82) is 0 Å². The van der Waals surface area contributed by atoms with Gasteiger partial charge in [-0.15, -0.1) is 0 Å². The van der Waals surface area contributed by atoms with E-state index < -0.39 is 0 Å². The van der Waals surface area contributed by atoms with Crippen molar-refractivity contribution in [2.45, 2.75) is 51.9 Å². The highest BCUT2D eigenvalue weighted by Crippen LogP contribution is 2.50. The van der Waals surface area contributed by atoms with E-state index >= 15 is 0 Å². The summed E-state index contributed by atoms with van der Waals surface area (Å²) >= 11 is 0. The third kappa shape index (κ3) is 1.60. The molecule has 2 fully saturated rings. The van der Waals surface area contributed by atoms with Crippen molar-refractivity contribution in [2.75, 3.05) is 0 Å². The van der Waals surface area contributed by atoms with Gasteiger partial charge < -0.3 is 0 Å². The van der Waals surface area contributed by atoms with E-state index in [9.17, 15) is 0 Å². The van der Waals surface area contributed by atoms with Crippen LogP contribution in [0.5, 0.6) is 0 Å². The van der Waals surface area contributed by atoms with E-state index in [4.69, 9.17) is 0 Å². The Balaban J connectivity index is 1.77. The first-order valence-electron chi connectivity index (χ1n) is 5.42. The van der Waals surface area contributed by atoms with E-state index in [1.165, 1.54) is 31.6 Å². The molecule has 2 aliphatic rings. The zero-order valence-corrected chi connectivity index (χ0v) is 7.68. The summed E-state index contributed by atoms with van der Waals surface area (Å²) in [5.74, 6) is 3.45. The summed E-state index contributed by atoms with van der Waals surface area (Å²) in [6, 6.07) is 0. The average Bonchev–Trinajstić information content (AvgIpc) is 2.85. The van der Waals surface area contributed by atoms with Gasteiger partial charge in [-0.05, 0) is 24.2 Å². The van der Waals surface area contributed by atoms with Gasteiger partial charge >= 0.3 is 0 Å². The molecule has 0 saturated heterocycles. The van der Waals surface area contributed by atoms with Crippen LogP contribution in [0.4, 0.5) is 0 Å². The van der Waals surface area contributed by atoms with Crippen molar-refractivity contribution < 1.29 is 0 Å². The molecule has 0 aromatic carbocycles. The summed E-state index contributed by atoms with van der Waals surface area (Å²) in [7, 11) is 0. The van der Waals surface area contributed by atoms with Gasteiger partial charge in [0.15, 0.2) is 0 Å². The van der Waals surface area contributed by atoms with Crippen LogP contribution in [0.1, 0.15) is 51.9 Å². The van der Waals surface area contributed by atoms with Crippen LogP contribution in [0.3, 0.4) is 0 Å². The lowest BCUT2D eigenvalue weighted by Crippen LogP contribution is -2.09. The lowest BCUT2D eigenvalue weighted by Gasteiger charge is -2.21. The first kappa shape index (κ1) is 7.64. The van der Waals surface area contributed by atoms with Gasteiger partial charge in [0.25, 0.3) is 0 Å². The van der Waals surface area contributed by atoms with Crippen LogP contribution in [0, 0.1) is 17.8 Å². The molecular formula is C11H20. The highest BCUT2D eigenvalue weighted by Gasteiger charge is 2.41. The Kier molecular flexibility index (Phi) is 2.20. The van der Waals surface area contributed by atoms with Gasteiger partial charge in [0.1, 0.15) is 0 Å². The minimum Gasteiger partial charge on any atom is -0.0651 e. The largest absolute Gasteiger partial charge is 0.0651 e. The molecule has 0 nitrogen and oxygen atoms in total. The lowest BCUT2D eigenvalue weighted by atomic mass is 9.85. The molecule has 0 aromatic heterocycles. The zero-order chi connectivity index (χ0) is 7.68. The summed E-state index contributed by atoms with van der Waals surface area (Å²) in [5.41, 5.74) is 0. The van der Waals surface area contributed by atoms with Gasteiger partial charge in [-0.2, -0.15) is 0 Å². The second kappa shape index (κ2) is 3.16. The third-order valence-electron chi connectivity index (χ3n) is 3.76. The van der Waals surface area contributed by atoms with Crippen LogP contribution in [0.2, 0.25) is 0 Å². The van der Waals surface area contributed by atoms with Crippen molar-refractivity contribution in [3.8, 4) is 0 Å². The minimum atomic E-state index is 1.14. The number of rotatable bonds is 2. The SMILES string of the molecule is CCC1CC1C1CCCCC1.